The van der Waals surface area contributed by atoms with E-state index < -0.39 is 0 Å². The van der Waals surface area contributed by atoms with Gasteiger partial charge in [-0.3, -0.25) is 4.90 Å². The van der Waals surface area contributed by atoms with Crippen LogP contribution in [0.2, 0.25) is 0 Å². The van der Waals surface area contributed by atoms with Gasteiger partial charge in [-0.15, -0.1) is 24.8 Å². The van der Waals surface area contributed by atoms with Crippen LogP contribution in [0.15, 0.2) is 24.3 Å². The maximum absolute atomic E-state index is 5.70. The molecule has 0 radical (unpaired) electrons. The summed E-state index contributed by atoms with van der Waals surface area (Å²) >= 11 is 0. The zero-order valence-electron chi connectivity index (χ0n) is 10.7. The van der Waals surface area contributed by atoms with Crippen LogP contribution in [0.4, 0.5) is 0 Å². The standard InChI is InChI=1S/C13H20N2O.2ClH/c1-12-2-4-13(5-3-12)16-11-10-15-8-6-14-7-9-15;;/h2-5,14H,6-11H2,1H3;2*1H. The van der Waals surface area contributed by atoms with Crippen molar-refractivity contribution >= 4 is 24.8 Å². The molecule has 0 atom stereocenters. The van der Waals surface area contributed by atoms with E-state index in [-0.39, 0.29) is 24.8 Å². The summed E-state index contributed by atoms with van der Waals surface area (Å²) in [6.45, 7) is 8.37. The predicted molar refractivity (Wildman–Crippen MR) is 80.5 cm³/mol. The third-order valence-corrected chi connectivity index (χ3v) is 2.91. The fourth-order valence-corrected chi connectivity index (χ4v) is 1.86. The van der Waals surface area contributed by atoms with Crippen LogP contribution >= 0.6 is 24.8 Å². The number of nitrogens with one attached hydrogen (secondary N) is 1. The molecule has 3 nitrogen and oxygen atoms in total. The number of ether oxygens (including phenoxy) is 1. The maximum Gasteiger partial charge on any atom is 0.119 e. The van der Waals surface area contributed by atoms with Crippen molar-refractivity contribution in [1.82, 2.24) is 10.2 Å². The summed E-state index contributed by atoms with van der Waals surface area (Å²) in [6.07, 6.45) is 0. The van der Waals surface area contributed by atoms with E-state index >= 15 is 0 Å². The molecule has 0 bridgehead atoms. The molecule has 1 aromatic carbocycles. The molecule has 0 saturated carbocycles. The van der Waals surface area contributed by atoms with Crippen molar-refractivity contribution in [2.24, 2.45) is 0 Å². The van der Waals surface area contributed by atoms with Crippen molar-refractivity contribution in [2.75, 3.05) is 39.3 Å². The number of hydrogen-bond donors (Lipinski definition) is 1. The molecule has 0 spiro atoms. The van der Waals surface area contributed by atoms with Gasteiger partial charge in [0, 0.05) is 32.7 Å². The Morgan fingerprint density at radius 3 is 2.33 bits per heavy atom. The smallest absolute Gasteiger partial charge is 0.119 e. The van der Waals surface area contributed by atoms with Crippen LogP contribution < -0.4 is 10.1 Å². The average Bonchev–Trinajstić information content (AvgIpc) is 2.33. The Balaban J connectivity index is 0.00000144. The van der Waals surface area contributed by atoms with Gasteiger partial charge in [-0.05, 0) is 19.1 Å². The number of nitrogens with zero attached hydrogens (tertiary/aromatic N) is 1. The van der Waals surface area contributed by atoms with Crippen LogP contribution in [-0.4, -0.2) is 44.2 Å². The van der Waals surface area contributed by atoms with Gasteiger partial charge in [0.15, 0.2) is 0 Å². The van der Waals surface area contributed by atoms with Gasteiger partial charge in [0.05, 0.1) is 0 Å². The Morgan fingerprint density at radius 1 is 1.11 bits per heavy atom. The lowest BCUT2D eigenvalue weighted by Gasteiger charge is -2.26. The number of benzene rings is 1. The largest absolute Gasteiger partial charge is 0.492 e. The fourth-order valence-electron chi connectivity index (χ4n) is 1.86. The Labute approximate surface area is 122 Å². The zero-order valence-corrected chi connectivity index (χ0v) is 12.4. The van der Waals surface area contributed by atoms with Crippen LogP contribution in [0.1, 0.15) is 5.56 Å². The first-order chi connectivity index (χ1) is 7.84. The topological polar surface area (TPSA) is 24.5 Å². The molecule has 1 aromatic rings. The molecule has 1 N–H and O–H groups in total. The fraction of sp³-hybridized carbons (Fsp3) is 0.538. The van der Waals surface area contributed by atoms with E-state index in [1.54, 1.807) is 0 Å². The van der Waals surface area contributed by atoms with Crippen molar-refractivity contribution in [1.29, 1.82) is 0 Å². The maximum atomic E-state index is 5.70. The average molecular weight is 293 g/mol. The predicted octanol–water partition coefficient (Wildman–Crippen LogP) is 2.12. The molecular formula is C13H22Cl2N2O. The number of hydrogen-bond acceptors (Lipinski definition) is 3. The summed E-state index contributed by atoms with van der Waals surface area (Å²) in [4.78, 5) is 2.44. The van der Waals surface area contributed by atoms with Crippen molar-refractivity contribution in [3.05, 3.63) is 29.8 Å². The van der Waals surface area contributed by atoms with Gasteiger partial charge >= 0.3 is 0 Å². The highest BCUT2D eigenvalue weighted by molar-refractivity contribution is 5.85. The first-order valence-electron chi connectivity index (χ1n) is 5.97. The van der Waals surface area contributed by atoms with Crippen LogP contribution in [0.3, 0.4) is 0 Å². The van der Waals surface area contributed by atoms with Gasteiger partial charge in [-0.2, -0.15) is 0 Å². The highest BCUT2D eigenvalue weighted by Crippen LogP contribution is 2.11. The molecular weight excluding hydrogens is 271 g/mol. The van der Waals surface area contributed by atoms with Crippen molar-refractivity contribution < 1.29 is 4.74 Å². The quantitative estimate of drug-likeness (QED) is 0.920. The molecule has 0 aliphatic carbocycles. The number of aryl methyl sites for hydroxylation is 1. The minimum absolute atomic E-state index is 0. The summed E-state index contributed by atoms with van der Waals surface area (Å²) in [5, 5.41) is 3.35. The van der Waals surface area contributed by atoms with Gasteiger partial charge in [-0.25, -0.2) is 0 Å². The molecule has 0 aromatic heterocycles. The zero-order chi connectivity index (χ0) is 11.2. The third-order valence-electron chi connectivity index (χ3n) is 2.91. The number of rotatable bonds is 4. The van der Waals surface area contributed by atoms with E-state index in [2.05, 4.69) is 29.3 Å². The van der Waals surface area contributed by atoms with Crippen LogP contribution in [0, 0.1) is 6.92 Å². The molecule has 0 amide bonds. The summed E-state index contributed by atoms with van der Waals surface area (Å²) < 4.78 is 5.70. The van der Waals surface area contributed by atoms with E-state index in [0.29, 0.717) is 0 Å². The molecule has 1 aliphatic rings. The second-order valence-electron chi connectivity index (χ2n) is 4.25. The highest BCUT2D eigenvalue weighted by Gasteiger charge is 2.08. The van der Waals surface area contributed by atoms with E-state index in [0.717, 1.165) is 45.1 Å². The Kier molecular flexibility index (Phi) is 9.20. The molecule has 0 unspecified atom stereocenters. The van der Waals surface area contributed by atoms with Crippen molar-refractivity contribution in [3.63, 3.8) is 0 Å². The Hall–Kier alpha value is -0.480. The SMILES string of the molecule is Cc1ccc(OCCN2CCNCC2)cc1.Cl.Cl. The molecule has 1 heterocycles. The minimum atomic E-state index is 0. The molecule has 2 rings (SSSR count). The van der Waals surface area contributed by atoms with Gasteiger partial charge < -0.3 is 10.1 Å². The number of halogens is 2. The minimum Gasteiger partial charge on any atom is -0.492 e. The van der Waals surface area contributed by atoms with Crippen LogP contribution in [0.25, 0.3) is 0 Å². The second-order valence-corrected chi connectivity index (χ2v) is 4.25. The lowest BCUT2D eigenvalue weighted by atomic mass is 10.2. The van der Waals surface area contributed by atoms with Crippen LogP contribution in [0.5, 0.6) is 5.75 Å². The Bertz CT molecular complexity index is 313. The third kappa shape index (κ3) is 5.91. The van der Waals surface area contributed by atoms with Gasteiger partial charge in [0.2, 0.25) is 0 Å². The van der Waals surface area contributed by atoms with E-state index in [1.165, 1.54) is 5.56 Å². The summed E-state index contributed by atoms with van der Waals surface area (Å²) in [7, 11) is 0. The van der Waals surface area contributed by atoms with E-state index in [9.17, 15) is 0 Å². The first-order valence-corrected chi connectivity index (χ1v) is 5.97. The molecule has 104 valence electrons. The Morgan fingerprint density at radius 2 is 1.72 bits per heavy atom. The normalized spacial score (nSPS) is 15.4. The summed E-state index contributed by atoms with van der Waals surface area (Å²) in [5.41, 5.74) is 1.27. The van der Waals surface area contributed by atoms with Crippen LogP contribution in [-0.2, 0) is 0 Å². The first kappa shape index (κ1) is 17.5. The second kappa shape index (κ2) is 9.45. The van der Waals surface area contributed by atoms with Gasteiger partial charge in [-0.1, -0.05) is 17.7 Å². The molecule has 18 heavy (non-hydrogen) atoms. The monoisotopic (exact) mass is 292 g/mol. The lowest BCUT2D eigenvalue weighted by Crippen LogP contribution is -2.44. The lowest BCUT2D eigenvalue weighted by molar-refractivity contribution is 0.191. The molecule has 1 saturated heterocycles. The highest BCUT2D eigenvalue weighted by atomic mass is 35.5. The molecule has 1 fully saturated rings. The summed E-state index contributed by atoms with van der Waals surface area (Å²) in [5.74, 6) is 0.973. The van der Waals surface area contributed by atoms with Gasteiger partial charge in [0.25, 0.3) is 0 Å². The number of piperazine rings is 1. The molecule has 5 heteroatoms. The van der Waals surface area contributed by atoms with E-state index in [4.69, 9.17) is 4.74 Å². The van der Waals surface area contributed by atoms with Crippen molar-refractivity contribution in [2.45, 2.75) is 6.92 Å². The summed E-state index contributed by atoms with van der Waals surface area (Å²) in [6, 6.07) is 8.24. The van der Waals surface area contributed by atoms with Crippen molar-refractivity contribution in [3.8, 4) is 5.75 Å². The molecule has 1 aliphatic heterocycles. The van der Waals surface area contributed by atoms with Gasteiger partial charge in [0.1, 0.15) is 12.4 Å². The van der Waals surface area contributed by atoms with E-state index in [1.807, 2.05) is 12.1 Å².